The van der Waals surface area contributed by atoms with E-state index in [9.17, 15) is 15.0 Å². The van der Waals surface area contributed by atoms with Crippen LogP contribution in [0.25, 0.3) is 0 Å². The monoisotopic (exact) mass is 346 g/mol. The molecule has 1 unspecified atom stereocenters. The lowest BCUT2D eigenvalue weighted by molar-refractivity contribution is 0.00529. The molecule has 3 N–H and O–H groups in total. The summed E-state index contributed by atoms with van der Waals surface area (Å²) in [5, 5.41) is 20.5. The summed E-state index contributed by atoms with van der Waals surface area (Å²) in [5.41, 5.74) is 0.178. The van der Waals surface area contributed by atoms with E-state index in [-0.39, 0.29) is 10.3 Å². The standard InChI is InChI=1S/C14H23N2O4PS/c1-16-7-8(13(22)15-14(16)19)12-11(18)10(17)9(20-12)5-6-21(2,3)4/h7,9-12,17-18H,2,5-6H2,1,3-4H3,(H,15,19,22)/t9-,10-,11-,12?/m1/s1. The molecule has 1 aliphatic heterocycles. The van der Waals surface area contributed by atoms with Crippen LogP contribution in [0.2, 0.25) is 0 Å². The van der Waals surface area contributed by atoms with E-state index >= 15 is 0 Å². The number of aromatic nitrogens is 2. The number of aromatic amines is 1. The first-order chi connectivity index (χ1) is 10.1. The van der Waals surface area contributed by atoms with Gasteiger partial charge >= 0.3 is 5.69 Å². The van der Waals surface area contributed by atoms with Crippen molar-refractivity contribution in [2.75, 3.05) is 19.5 Å². The summed E-state index contributed by atoms with van der Waals surface area (Å²) in [6.45, 7) is 3.01. The molecule has 1 saturated heterocycles. The van der Waals surface area contributed by atoms with Gasteiger partial charge in [-0.15, -0.1) is 13.2 Å². The zero-order valence-electron chi connectivity index (χ0n) is 13.0. The van der Waals surface area contributed by atoms with Gasteiger partial charge in [-0.2, -0.15) is 0 Å². The highest BCUT2D eigenvalue weighted by Crippen LogP contribution is 2.40. The molecule has 1 aliphatic rings. The van der Waals surface area contributed by atoms with Gasteiger partial charge in [0.1, 0.15) is 23.0 Å². The van der Waals surface area contributed by atoms with E-state index in [0.29, 0.717) is 12.0 Å². The van der Waals surface area contributed by atoms with Gasteiger partial charge in [-0.05, 0) is 25.9 Å². The van der Waals surface area contributed by atoms with Gasteiger partial charge in [-0.3, -0.25) is 4.98 Å². The van der Waals surface area contributed by atoms with Gasteiger partial charge in [-0.1, -0.05) is 12.2 Å². The average Bonchev–Trinajstić information content (AvgIpc) is 2.68. The van der Waals surface area contributed by atoms with E-state index in [1.165, 1.54) is 4.57 Å². The Balaban J connectivity index is 2.23. The van der Waals surface area contributed by atoms with Gasteiger partial charge in [-0.25, -0.2) is 4.79 Å². The molecule has 0 spiro atoms. The smallest absolute Gasteiger partial charge is 0.326 e. The predicted octanol–water partition coefficient (Wildman–Crippen LogP) is 0.704. The van der Waals surface area contributed by atoms with Gasteiger partial charge in [0.15, 0.2) is 0 Å². The largest absolute Gasteiger partial charge is 0.388 e. The molecule has 1 aromatic rings. The molecule has 2 heterocycles. The third kappa shape index (κ3) is 3.78. The topological polar surface area (TPSA) is 87.5 Å². The number of hydrogen-bond donors (Lipinski definition) is 3. The van der Waals surface area contributed by atoms with Crippen LogP contribution in [0.3, 0.4) is 0 Å². The lowest BCUT2D eigenvalue weighted by atomic mass is 10.0. The number of aliphatic hydroxyl groups excluding tert-OH is 2. The summed E-state index contributed by atoms with van der Waals surface area (Å²) < 4.78 is 7.40. The van der Waals surface area contributed by atoms with E-state index in [1.54, 1.807) is 13.2 Å². The number of hydrogen-bond acceptors (Lipinski definition) is 5. The molecule has 2 rings (SSSR count). The van der Waals surface area contributed by atoms with Crippen LogP contribution < -0.4 is 5.69 Å². The van der Waals surface area contributed by atoms with Crippen LogP contribution >= 0.6 is 19.1 Å². The molecular formula is C14H23N2O4PS. The van der Waals surface area contributed by atoms with Crippen molar-refractivity contribution in [3.05, 3.63) is 26.9 Å². The van der Waals surface area contributed by atoms with Crippen molar-refractivity contribution < 1.29 is 14.9 Å². The highest BCUT2D eigenvalue weighted by Gasteiger charge is 2.43. The van der Waals surface area contributed by atoms with Crippen LogP contribution in [-0.2, 0) is 11.8 Å². The lowest BCUT2D eigenvalue weighted by Gasteiger charge is -2.18. The third-order valence-corrected chi connectivity index (χ3v) is 5.63. The number of nitrogens with one attached hydrogen (secondary N) is 1. The Kier molecular flexibility index (Phi) is 5.14. The maximum Gasteiger partial charge on any atom is 0.326 e. The van der Waals surface area contributed by atoms with Gasteiger partial charge in [0.25, 0.3) is 0 Å². The molecule has 1 aromatic heterocycles. The minimum atomic E-state index is -1.22. The first kappa shape index (κ1) is 17.6. The van der Waals surface area contributed by atoms with Gasteiger partial charge < -0.3 is 19.5 Å². The molecule has 0 saturated carbocycles. The van der Waals surface area contributed by atoms with Crippen molar-refractivity contribution in [3.8, 4) is 0 Å². The molecular weight excluding hydrogens is 323 g/mol. The molecule has 8 heteroatoms. The van der Waals surface area contributed by atoms with E-state index in [4.69, 9.17) is 17.0 Å². The van der Waals surface area contributed by atoms with Gasteiger partial charge in [0, 0.05) is 18.8 Å². The van der Waals surface area contributed by atoms with E-state index in [1.807, 2.05) is 0 Å². The van der Waals surface area contributed by atoms with Crippen LogP contribution in [0.15, 0.2) is 11.0 Å². The summed E-state index contributed by atoms with van der Waals surface area (Å²) >= 11 is 5.14. The predicted molar refractivity (Wildman–Crippen MR) is 91.9 cm³/mol. The number of aryl methyl sites for hydroxylation is 1. The Labute approximate surface area is 134 Å². The first-order valence-corrected chi connectivity index (χ1v) is 10.5. The van der Waals surface area contributed by atoms with Gasteiger partial charge in [0.2, 0.25) is 0 Å². The van der Waals surface area contributed by atoms with E-state index < -0.39 is 31.3 Å². The zero-order valence-corrected chi connectivity index (χ0v) is 14.7. The van der Waals surface area contributed by atoms with Crippen LogP contribution in [0.4, 0.5) is 0 Å². The first-order valence-electron chi connectivity index (χ1n) is 7.09. The molecule has 22 heavy (non-hydrogen) atoms. The number of H-pyrrole nitrogens is 1. The summed E-state index contributed by atoms with van der Waals surface area (Å²) in [5.74, 6) is 0. The third-order valence-electron chi connectivity index (χ3n) is 3.82. The summed E-state index contributed by atoms with van der Waals surface area (Å²) in [6.07, 6.45) is 3.97. The molecule has 0 aromatic carbocycles. The maximum absolute atomic E-state index is 11.5. The molecule has 1 fully saturated rings. The normalized spacial score (nSPS) is 29.0. The number of nitrogens with zero attached hydrogens (tertiary/aromatic N) is 1. The quantitative estimate of drug-likeness (QED) is 0.552. The molecule has 124 valence electrons. The van der Waals surface area contributed by atoms with Crippen molar-refractivity contribution >= 4 is 25.4 Å². The van der Waals surface area contributed by atoms with Crippen LogP contribution in [0, 0.1) is 4.64 Å². The summed E-state index contributed by atoms with van der Waals surface area (Å²) in [7, 11) is 1.59. The fourth-order valence-corrected chi connectivity index (χ4v) is 3.72. The molecule has 4 atom stereocenters. The van der Waals surface area contributed by atoms with Crippen LogP contribution in [0.1, 0.15) is 18.1 Å². The van der Waals surface area contributed by atoms with Crippen molar-refractivity contribution in [1.82, 2.24) is 9.55 Å². The number of rotatable bonds is 4. The molecule has 0 bridgehead atoms. The average molecular weight is 346 g/mol. The minimum absolute atomic E-state index is 0.227. The van der Waals surface area contributed by atoms with Crippen molar-refractivity contribution in [3.63, 3.8) is 0 Å². The Hall–Kier alpha value is -0.720. The van der Waals surface area contributed by atoms with Crippen molar-refractivity contribution in [2.45, 2.75) is 30.8 Å². The highest BCUT2D eigenvalue weighted by atomic mass is 32.1. The van der Waals surface area contributed by atoms with Crippen molar-refractivity contribution in [2.24, 2.45) is 7.05 Å². The van der Waals surface area contributed by atoms with Crippen LogP contribution in [-0.4, -0.2) is 63.9 Å². The number of ether oxygens (including phenoxy) is 1. The minimum Gasteiger partial charge on any atom is -0.388 e. The van der Waals surface area contributed by atoms with E-state index in [2.05, 4.69) is 24.6 Å². The van der Waals surface area contributed by atoms with Gasteiger partial charge in [0.05, 0.1) is 6.10 Å². The van der Waals surface area contributed by atoms with E-state index in [0.717, 1.165) is 6.16 Å². The SMILES string of the molecule is C=P(C)(C)CC[C@H]1OC(c2cn(C)c(=O)[nH]c2=S)[C@H](O)[C@@H]1O. The second-order valence-electron chi connectivity index (χ2n) is 6.48. The van der Waals surface area contributed by atoms with Crippen molar-refractivity contribution in [1.29, 1.82) is 0 Å². The Morgan fingerprint density at radius 3 is 2.68 bits per heavy atom. The fourth-order valence-electron chi connectivity index (χ4n) is 2.51. The Morgan fingerprint density at radius 2 is 2.09 bits per heavy atom. The second-order valence-corrected chi connectivity index (χ2v) is 11.2. The van der Waals surface area contributed by atoms with Crippen LogP contribution in [0.5, 0.6) is 0 Å². The molecule has 0 aliphatic carbocycles. The lowest BCUT2D eigenvalue weighted by Crippen LogP contribution is -2.31. The fraction of sp³-hybridized carbons (Fsp3) is 0.643. The zero-order chi connectivity index (χ0) is 16.7. The maximum atomic E-state index is 11.5. The second kappa shape index (κ2) is 6.42. The Bertz CT molecular complexity index is 708. The summed E-state index contributed by atoms with van der Waals surface area (Å²) in [6, 6.07) is 0. The molecule has 0 radical (unpaired) electrons. The number of aliphatic hydroxyl groups is 2. The summed E-state index contributed by atoms with van der Waals surface area (Å²) in [4.78, 5) is 14.1. The molecule has 6 nitrogen and oxygen atoms in total. The molecule has 0 amide bonds. The Morgan fingerprint density at radius 1 is 1.45 bits per heavy atom. The highest BCUT2D eigenvalue weighted by molar-refractivity contribution is 7.72.